The molecule has 0 heterocycles. The average molecular weight is 292 g/mol. The fraction of sp³-hybridized carbons (Fsp3) is 0.667. The minimum atomic E-state index is 0.357. The zero-order valence-corrected chi connectivity index (χ0v) is 14.6. The quantitative estimate of drug-likeness (QED) is 0.756. The fourth-order valence-electron chi connectivity index (χ4n) is 2.67. The lowest BCUT2D eigenvalue weighted by Crippen LogP contribution is -2.41. The maximum absolute atomic E-state index is 5.27. The van der Waals surface area contributed by atoms with Crippen molar-refractivity contribution in [3.63, 3.8) is 0 Å². The van der Waals surface area contributed by atoms with Crippen molar-refractivity contribution in [2.24, 2.45) is 0 Å². The number of ether oxygens (including phenoxy) is 1. The number of rotatable bonds is 9. The number of methoxy groups -OCH3 is 1. The van der Waals surface area contributed by atoms with Crippen LogP contribution in [0.25, 0.3) is 0 Å². The third-order valence-electron chi connectivity index (χ3n) is 4.37. The van der Waals surface area contributed by atoms with Crippen molar-refractivity contribution in [2.45, 2.75) is 46.2 Å². The Labute approximate surface area is 130 Å². The van der Waals surface area contributed by atoms with Gasteiger partial charge in [-0.25, -0.2) is 0 Å². The molecule has 1 rings (SSSR count). The number of hydrogen-bond acceptors (Lipinski definition) is 3. The highest BCUT2D eigenvalue weighted by Gasteiger charge is 2.19. The van der Waals surface area contributed by atoms with Crippen molar-refractivity contribution in [1.29, 1.82) is 0 Å². The number of hydrogen-bond donors (Lipinski definition) is 1. The minimum absolute atomic E-state index is 0.357. The van der Waals surface area contributed by atoms with Crippen LogP contribution in [0.15, 0.2) is 18.2 Å². The summed E-state index contributed by atoms with van der Waals surface area (Å²) in [5, 5.41) is 3.49. The van der Waals surface area contributed by atoms with E-state index >= 15 is 0 Å². The van der Waals surface area contributed by atoms with Gasteiger partial charge in [0.05, 0.1) is 6.61 Å². The van der Waals surface area contributed by atoms with Gasteiger partial charge in [-0.3, -0.25) is 4.90 Å². The molecule has 0 aromatic heterocycles. The van der Waals surface area contributed by atoms with Gasteiger partial charge in [0.2, 0.25) is 0 Å². The van der Waals surface area contributed by atoms with Crippen LogP contribution in [0.1, 0.15) is 43.0 Å². The molecule has 2 atom stereocenters. The molecule has 3 heteroatoms. The van der Waals surface area contributed by atoms with Gasteiger partial charge in [0.1, 0.15) is 0 Å². The molecular weight excluding hydrogens is 260 g/mol. The zero-order chi connectivity index (χ0) is 15.8. The Bertz CT molecular complexity index is 420. The van der Waals surface area contributed by atoms with E-state index in [1.54, 1.807) is 7.11 Å². The molecule has 120 valence electrons. The molecule has 0 amide bonds. The van der Waals surface area contributed by atoms with E-state index in [1.165, 1.54) is 16.7 Å². The summed E-state index contributed by atoms with van der Waals surface area (Å²) in [6.07, 6.45) is 1.16. The highest BCUT2D eigenvalue weighted by atomic mass is 16.5. The van der Waals surface area contributed by atoms with E-state index in [9.17, 15) is 0 Å². The number of nitrogens with zero attached hydrogens (tertiary/aromatic N) is 1. The van der Waals surface area contributed by atoms with E-state index in [0.29, 0.717) is 12.1 Å². The van der Waals surface area contributed by atoms with Crippen LogP contribution in [0.2, 0.25) is 0 Å². The van der Waals surface area contributed by atoms with Gasteiger partial charge in [0.15, 0.2) is 0 Å². The molecule has 0 aliphatic heterocycles. The Balaban J connectivity index is 2.89. The van der Waals surface area contributed by atoms with Crippen molar-refractivity contribution in [3.05, 3.63) is 34.9 Å². The van der Waals surface area contributed by atoms with Gasteiger partial charge in [-0.1, -0.05) is 30.7 Å². The van der Waals surface area contributed by atoms with Crippen LogP contribution in [0, 0.1) is 13.8 Å². The van der Waals surface area contributed by atoms with Gasteiger partial charge in [0.25, 0.3) is 0 Å². The van der Waals surface area contributed by atoms with Crippen LogP contribution in [-0.4, -0.2) is 44.8 Å². The van der Waals surface area contributed by atoms with Gasteiger partial charge < -0.3 is 10.1 Å². The van der Waals surface area contributed by atoms with Gasteiger partial charge in [-0.05, 0) is 45.4 Å². The van der Waals surface area contributed by atoms with E-state index < -0.39 is 0 Å². The summed E-state index contributed by atoms with van der Waals surface area (Å²) in [7, 11) is 3.83. The van der Waals surface area contributed by atoms with Crippen molar-refractivity contribution in [2.75, 3.05) is 33.9 Å². The summed E-state index contributed by atoms with van der Waals surface area (Å²) < 4.78 is 5.27. The third-order valence-corrected chi connectivity index (χ3v) is 4.37. The molecule has 0 saturated carbocycles. The second-order valence-corrected chi connectivity index (χ2v) is 5.95. The highest BCUT2D eigenvalue weighted by Crippen LogP contribution is 2.21. The smallest absolute Gasteiger partial charge is 0.0589 e. The molecule has 0 aliphatic rings. The number of benzene rings is 1. The molecule has 1 N–H and O–H groups in total. The largest absolute Gasteiger partial charge is 0.383 e. The average Bonchev–Trinajstić information content (AvgIpc) is 2.49. The van der Waals surface area contributed by atoms with Gasteiger partial charge in [0, 0.05) is 32.3 Å². The molecule has 0 spiro atoms. The summed E-state index contributed by atoms with van der Waals surface area (Å²) in [6.45, 7) is 11.7. The number of nitrogens with one attached hydrogen (secondary N) is 1. The molecule has 0 bridgehead atoms. The summed E-state index contributed by atoms with van der Waals surface area (Å²) in [5.41, 5.74) is 4.09. The summed E-state index contributed by atoms with van der Waals surface area (Å²) >= 11 is 0. The zero-order valence-electron chi connectivity index (χ0n) is 14.6. The van der Waals surface area contributed by atoms with Crippen molar-refractivity contribution < 1.29 is 4.74 Å². The Hall–Kier alpha value is -0.900. The van der Waals surface area contributed by atoms with Gasteiger partial charge in [-0.2, -0.15) is 0 Å². The van der Waals surface area contributed by atoms with E-state index in [-0.39, 0.29) is 0 Å². The van der Waals surface area contributed by atoms with Crippen LogP contribution in [0.3, 0.4) is 0 Å². The molecule has 0 saturated heterocycles. The standard InChI is InChI=1S/C18H32N2O/c1-7-16(4)20(10-11-21-6)13-18(19-5)17-12-14(2)8-9-15(17)3/h8-9,12,16,18-19H,7,10-11,13H2,1-6H3. The van der Waals surface area contributed by atoms with E-state index in [2.05, 4.69) is 63.2 Å². The Morgan fingerprint density at radius 1 is 1.29 bits per heavy atom. The monoisotopic (exact) mass is 292 g/mol. The lowest BCUT2D eigenvalue weighted by molar-refractivity contribution is 0.115. The maximum atomic E-state index is 5.27. The fourth-order valence-corrected chi connectivity index (χ4v) is 2.67. The number of aryl methyl sites for hydroxylation is 2. The van der Waals surface area contributed by atoms with Crippen molar-refractivity contribution in [1.82, 2.24) is 10.2 Å². The first-order valence-corrected chi connectivity index (χ1v) is 8.00. The summed E-state index contributed by atoms with van der Waals surface area (Å²) in [5.74, 6) is 0. The topological polar surface area (TPSA) is 24.5 Å². The van der Waals surface area contributed by atoms with E-state index in [0.717, 1.165) is 26.1 Å². The molecule has 1 aromatic rings. The van der Waals surface area contributed by atoms with Crippen LogP contribution >= 0.6 is 0 Å². The van der Waals surface area contributed by atoms with Crippen LogP contribution in [0.4, 0.5) is 0 Å². The molecule has 0 fully saturated rings. The molecule has 3 nitrogen and oxygen atoms in total. The minimum Gasteiger partial charge on any atom is -0.383 e. The third kappa shape index (κ3) is 5.42. The lowest BCUT2D eigenvalue weighted by Gasteiger charge is -2.32. The lowest BCUT2D eigenvalue weighted by atomic mass is 9.98. The van der Waals surface area contributed by atoms with Crippen molar-refractivity contribution >= 4 is 0 Å². The Morgan fingerprint density at radius 3 is 2.57 bits per heavy atom. The SMILES string of the molecule is CCC(C)N(CCOC)CC(NC)c1cc(C)ccc1C. The molecule has 2 unspecified atom stereocenters. The van der Waals surface area contributed by atoms with Crippen LogP contribution < -0.4 is 5.32 Å². The van der Waals surface area contributed by atoms with Crippen LogP contribution in [-0.2, 0) is 4.74 Å². The first kappa shape index (κ1) is 18.1. The number of likely N-dealkylation sites (N-methyl/N-ethyl adjacent to an activating group) is 1. The normalized spacial score (nSPS) is 14.4. The molecule has 0 radical (unpaired) electrons. The summed E-state index contributed by atoms with van der Waals surface area (Å²) in [4.78, 5) is 2.52. The first-order chi connectivity index (χ1) is 10.0. The predicted octanol–water partition coefficient (Wildman–Crippen LogP) is 3.31. The Morgan fingerprint density at radius 2 is 2.00 bits per heavy atom. The maximum Gasteiger partial charge on any atom is 0.0589 e. The predicted molar refractivity (Wildman–Crippen MR) is 90.9 cm³/mol. The molecule has 0 aliphatic carbocycles. The molecular formula is C18H32N2O. The van der Waals surface area contributed by atoms with Gasteiger partial charge in [-0.15, -0.1) is 0 Å². The highest BCUT2D eigenvalue weighted by molar-refractivity contribution is 5.33. The summed E-state index contributed by atoms with van der Waals surface area (Å²) in [6, 6.07) is 7.64. The van der Waals surface area contributed by atoms with E-state index in [4.69, 9.17) is 4.74 Å². The second-order valence-electron chi connectivity index (χ2n) is 5.95. The second kappa shape index (κ2) is 9.19. The van der Waals surface area contributed by atoms with Crippen molar-refractivity contribution in [3.8, 4) is 0 Å². The first-order valence-electron chi connectivity index (χ1n) is 8.00. The van der Waals surface area contributed by atoms with Crippen LogP contribution in [0.5, 0.6) is 0 Å². The Kier molecular flexibility index (Phi) is 7.94. The van der Waals surface area contributed by atoms with E-state index in [1.807, 2.05) is 0 Å². The van der Waals surface area contributed by atoms with Gasteiger partial charge >= 0.3 is 0 Å². The molecule has 21 heavy (non-hydrogen) atoms. The molecule has 1 aromatic carbocycles.